The molecule has 0 bridgehead atoms. The van der Waals surface area contributed by atoms with Crippen molar-refractivity contribution in [1.82, 2.24) is 24.1 Å². The first kappa shape index (κ1) is 19.4. The van der Waals surface area contributed by atoms with Crippen LogP contribution in [0, 0.1) is 5.92 Å². The molecule has 166 valence electrons. The van der Waals surface area contributed by atoms with Gasteiger partial charge in [-0.3, -0.25) is 4.79 Å². The molecule has 2 atom stereocenters. The van der Waals surface area contributed by atoms with Gasteiger partial charge in [-0.05, 0) is 48.4 Å². The molecule has 2 unspecified atom stereocenters. The van der Waals surface area contributed by atoms with E-state index in [1.165, 1.54) is 15.8 Å². The number of anilines is 2. The molecule has 3 aliphatic rings. The van der Waals surface area contributed by atoms with E-state index in [0.717, 1.165) is 18.5 Å². The van der Waals surface area contributed by atoms with Crippen LogP contribution in [0.5, 0.6) is 0 Å². The number of carbonyl (C=O) groups excluding carboxylic acids is 1. The largest absolute Gasteiger partial charge is 0.351 e. The first-order valence-electron chi connectivity index (χ1n) is 10.8. The van der Waals surface area contributed by atoms with Crippen molar-refractivity contribution in [3.8, 4) is 0 Å². The second kappa shape index (κ2) is 6.60. The lowest BCUT2D eigenvalue weighted by atomic mass is 10.0. The predicted molar refractivity (Wildman–Crippen MR) is 113 cm³/mol. The monoisotopic (exact) mass is 440 g/mol. The number of pyridine rings is 2. The van der Waals surface area contributed by atoms with Crippen LogP contribution >= 0.6 is 0 Å². The summed E-state index contributed by atoms with van der Waals surface area (Å²) >= 11 is 0. The number of halogens is 2. The number of fused-ring (bicyclic) bond motifs is 4. The van der Waals surface area contributed by atoms with Crippen LogP contribution in [-0.4, -0.2) is 55.5 Å². The minimum Gasteiger partial charge on any atom is -0.333 e. The molecule has 0 radical (unpaired) electrons. The van der Waals surface area contributed by atoms with Gasteiger partial charge < -0.3 is 9.80 Å². The molecule has 3 aromatic rings. The Kier molecular flexibility index (Phi) is 4.00. The smallest absolute Gasteiger partial charge is 0.333 e. The Bertz CT molecular complexity index is 1320. The molecular formula is C22H22F2N6O2. The van der Waals surface area contributed by atoms with E-state index < -0.39 is 18.4 Å². The third kappa shape index (κ3) is 2.92. The lowest BCUT2D eigenvalue weighted by Crippen LogP contribution is -2.45. The minimum absolute atomic E-state index is 0.183. The summed E-state index contributed by atoms with van der Waals surface area (Å²) in [5.74, 6) is -1.17. The van der Waals surface area contributed by atoms with Gasteiger partial charge in [0.2, 0.25) is 0 Å². The standard InChI is InChI=1S/C22H22F2N6O2/c1-27-21(32)30-17(26-27)4-2-5-18(30)29-11-14-9-15(14)16-8-13(10-25-19(16)29)20(31)28-7-3-6-22(23,24)12-28/h2,4-5,8,10,14-15H,3,6-7,9,11-12H2,1H3. The second-order valence-electron chi connectivity index (χ2n) is 9.02. The third-order valence-corrected chi connectivity index (χ3v) is 6.76. The summed E-state index contributed by atoms with van der Waals surface area (Å²) in [7, 11) is 1.61. The van der Waals surface area contributed by atoms with Crippen LogP contribution < -0.4 is 10.6 Å². The Morgan fingerprint density at radius 2 is 2.12 bits per heavy atom. The molecule has 5 heterocycles. The highest BCUT2D eigenvalue weighted by molar-refractivity contribution is 5.95. The van der Waals surface area contributed by atoms with Crippen LogP contribution in [0.2, 0.25) is 0 Å². The Morgan fingerprint density at radius 3 is 2.94 bits per heavy atom. The molecular weight excluding hydrogens is 418 g/mol. The number of rotatable bonds is 2. The van der Waals surface area contributed by atoms with Gasteiger partial charge in [0.05, 0.1) is 12.1 Å². The van der Waals surface area contributed by atoms with Gasteiger partial charge in [0.25, 0.3) is 11.8 Å². The number of likely N-dealkylation sites (tertiary alicyclic amines) is 1. The highest BCUT2D eigenvalue weighted by atomic mass is 19.3. The summed E-state index contributed by atoms with van der Waals surface area (Å²) in [5.41, 5.74) is 1.58. The molecule has 8 nitrogen and oxygen atoms in total. The van der Waals surface area contributed by atoms with Crippen LogP contribution in [0.15, 0.2) is 35.3 Å². The average molecular weight is 440 g/mol. The van der Waals surface area contributed by atoms with Crippen LogP contribution in [-0.2, 0) is 7.05 Å². The number of carbonyl (C=O) groups is 1. The van der Waals surface area contributed by atoms with Gasteiger partial charge in [-0.25, -0.2) is 27.6 Å². The summed E-state index contributed by atoms with van der Waals surface area (Å²) in [6.45, 7) is 0.499. The number of aryl methyl sites for hydroxylation is 1. The maximum atomic E-state index is 13.8. The average Bonchev–Trinajstić information content (AvgIpc) is 3.50. The maximum Gasteiger partial charge on any atom is 0.351 e. The number of nitrogens with zero attached hydrogens (tertiary/aromatic N) is 6. The second-order valence-corrected chi connectivity index (χ2v) is 9.02. The Labute approximate surface area is 182 Å². The number of hydrogen-bond donors (Lipinski definition) is 0. The molecule has 32 heavy (non-hydrogen) atoms. The zero-order valence-electron chi connectivity index (χ0n) is 17.5. The van der Waals surface area contributed by atoms with Crippen molar-refractivity contribution >= 4 is 23.2 Å². The topological polar surface area (TPSA) is 75.7 Å². The van der Waals surface area contributed by atoms with Crippen molar-refractivity contribution in [2.45, 2.75) is 31.1 Å². The first-order valence-corrected chi connectivity index (χ1v) is 10.8. The molecule has 6 rings (SSSR count). The van der Waals surface area contributed by atoms with E-state index in [9.17, 15) is 18.4 Å². The number of hydrogen-bond acceptors (Lipinski definition) is 5. The van der Waals surface area contributed by atoms with Crippen molar-refractivity contribution < 1.29 is 13.6 Å². The molecule has 3 aromatic heterocycles. The zero-order valence-corrected chi connectivity index (χ0v) is 17.5. The number of amides is 1. The fourth-order valence-corrected chi connectivity index (χ4v) is 5.08. The Balaban J connectivity index is 1.40. The van der Waals surface area contributed by atoms with Crippen molar-refractivity contribution in [1.29, 1.82) is 0 Å². The van der Waals surface area contributed by atoms with E-state index in [1.54, 1.807) is 23.6 Å². The highest BCUT2D eigenvalue weighted by Crippen LogP contribution is 2.55. The molecule has 1 saturated heterocycles. The van der Waals surface area contributed by atoms with E-state index in [4.69, 9.17) is 0 Å². The first-order chi connectivity index (χ1) is 15.3. The summed E-state index contributed by atoms with van der Waals surface area (Å²) in [5, 5.41) is 4.26. The molecule has 0 aromatic carbocycles. The van der Waals surface area contributed by atoms with Gasteiger partial charge >= 0.3 is 5.69 Å². The zero-order chi connectivity index (χ0) is 22.2. The molecule has 0 spiro atoms. The summed E-state index contributed by atoms with van der Waals surface area (Å²) in [4.78, 5) is 33.5. The lowest BCUT2D eigenvalue weighted by molar-refractivity contribution is -0.0560. The van der Waals surface area contributed by atoms with Crippen molar-refractivity contribution in [2.75, 3.05) is 24.5 Å². The third-order valence-electron chi connectivity index (χ3n) is 6.76. The molecule has 2 fully saturated rings. The molecule has 1 aliphatic carbocycles. The number of aromatic nitrogens is 4. The van der Waals surface area contributed by atoms with Crippen LogP contribution in [0.3, 0.4) is 0 Å². The summed E-state index contributed by atoms with van der Waals surface area (Å²) in [6, 6.07) is 7.29. The van der Waals surface area contributed by atoms with Gasteiger partial charge in [-0.1, -0.05) is 6.07 Å². The molecule has 1 amide bonds. The van der Waals surface area contributed by atoms with Crippen LogP contribution in [0.4, 0.5) is 20.4 Å². The van der Waals surface area contributed by atoms with E-state index in [2.05, 4.69) is 10.1 Å². The lowest BCUT2D eigenvalue weighted by Gasteiger charge is -2.33. The van der Waals surface area contributed by atoms with E-state index in [-0.39, 0.29) is 12.1 Å². The molecule has 1 saturated carbocycles. The van der Waals surface area contributed by atoms with E-state index in [1.807, 2.05) is 17.0 Å². The van der Waals surface area contributed by atoms with Crippen molar-refractivity contribution in [2.24, 2.45) is 13.0 Å². The van der Waals surface area contributed by atoms with Crippen molar-refractivity contribution in [3.63, 3.8) is 0 Å². The van der Waals surface area contributed by atoms with Gasteiger partial charge in [0.1, 0.15) is 11.6 Å². The number of piperidine rings is 1. The minimum atomic E-state index is -2.84. The SMILES string of the molecule is Cn1nc2cccc(N3CC4CC4c4cc(C(=O)N5CCCC(F)(F)C5)cnc43)n2c1=O. The van der Waals surface area contributed by atoms with Gasteiger partial charge in [-0.2, -0.15) is 5.10 Å². The maximum absolute atomic E-state index is 13.8. The van der Waals surface area contributed by atoms with Crippen LogP contribution in [0.25, 0.3) is 5.65 Å². The molecule has 10 heteroatoms. The quantitative estimate of drug-likeness (QED) is 0.612. The fourth-order valence-electron chi connectivity index (χ4n) is 5.08. The van der Waals surface area contributed by atoms with Gasteiger partial charge in [0, 0.05) is 32.8 Å². The molecule has 2 aliphatic heterocycles. The van der Waals surface area contributed by atoms with Gasteiger partial charge in [0.15, 0.2) is 5.65 Å². The summed E-state index contributed by atoms with van der Waals surface area (Å²) < 4.78 is 30.5. The predicted octanol–water partition coefficient (Wildman–Crippen LogP) is 2.55. The van der Waals surface area contributed by atoms with Crippen LogP contribution in [0.1, 0.15) is 41.1 Å². The Hall–Kier alpha value is -3.30. The van der Waals surface area contributed by atoms with E-state index >= 15 is 0 Å². The Morgan fingerprint density at radius 1 is 1.28 bits per heavy atom. The summed E-state index contributed by atoms with van der Waals surface area (Å²) in [6.07, 6.45) is 2.55. The van der Waals surface area contributed by atoms with Crippen molar-refractivity contribution in [3.05, 3.63) is 52.1 Å². The normalized spacial score (nSPS) is 23.7. The molecule has 0 N–H and O–H groups in total. The van der Waals surface area contributed by atoms with E-state index in [0.29, 0.717) is 47.6 Å². The highest BCUT2D eigenvalue weighted by Gasteiger charge is 2.47. The fraction of sp³-hybridized carbons (Fsp3) is 0.455. The number of alkyl halides is 2. The van der Waals surface area contributed by atoms with Gasteiger partial charge in [-0.15, -0.1) is 0 Å².